The van der Waals surface area contributed by atoms with E-state index in [9.17, 15) is 4.79 Å². The minimum absolute atomic E-state index is 0.203. The molecule has 0 saturated heterocycles. The molecule has 0 bridgehead atoms. The molecular weight excluding hydrogens is 395 g/mol. The van der Waals surface area contributed by atoms with Crippen LogP contribution in [0.5, 0.6) is 0 Å². The summed E-state index contributed by atoms with van der Waals surface area (Å²) in [6, 6.07) is 16.9. The van der Waals surface area contributed by atoms with Crippen molar-refractivity contribution in [3.8, 4) is 11.1 Å². The van der Waals surface area contributed by atoms with Gasteiger partial charge >= 0.3 is 0 Å². The van der Waals surface area contributed by atoms with E-state index in [0.29, 0.717) is 26.8 Å². The lowest BCUT2D eigenvalue weighted by molar-refractivity contribution is 0.886. The maximum absolute atomic E-state index is 12.5. The molecule has 0 radical (unpaired) electrons. The maximum Gasteiger partial charge on any atom is 0.259 e. The predicted octanol–water partition coefficient (Wildman–Crippen LogP) is 5.03. The van der Waals surface area contributed by atoms with Gasteiger partial charge < -0.3 is 5.32 Å². The number of para-hydroxylation sites is 1. The molecule has 2 aromatic heterocycles. The van der Waals surface area contributed by atoms with Gasteiger partial charge in [0.05, 0.1) is 15.6 Å². The fraction of sp³-hybridized carbons (Fsp3) is 0.0952. The Balaban J connectivity index is 0.000000236. The van der Waals surface area contributed by atoms with Crippen LogP contribution < -0.4 is 10.9 Å². The average molecular weight is 413 g/mol. The standard InChI is InChI=1S/C14H9Cl2N3O.C7H9N/c1-19-13-8(6-17-7-18-13)5-9(14(19)20)12-10(15)3-2-4-11(12)16;1-8-7-5-3-2-4-6-7/h2-7H,1H3;2-6,8H,1H3. The number of benzene rings is 2. The largest absolute Gasteiger partial charge is 0.388 e. The quantitative estimate of drug-likeness (QED) is 0.501. The number of fused-ring (bicyclic) bond motifs is 1. The molecule has 4 rings (SSSR count). The van der Waals surface area contributed by atoms with Crippen molar-refractivity contribution in [3.05, 3.63) is 87.5 Å². The van der Waals surface area contributed by atoms with Crippen LogP contribution in [-0.4, -0.2) is 21.6 Å². The molecule has 0 saturated carbocycles. The van der Waals surface area contributed by atoms with Crippen molar-refractivity contribution in [2.24, 2.45) is 7.05 Å². The molecule has 0 amide bonds. The number of nitrogens with zero attached hydrogens (tertiary/aromatic N) is 3. The van der Waals surface area contributed by atoms with Crippen molar-refractivity contribution in [2.45, 2.75) is 0 Å². The second-order valence-electron chi connectivity index (χ2n) is 5.94. The molecule has 0 spiro atoms. The molecule has 142 valence electrons. The van der Waals surface area contributed by atoms with E-state index in [2.05, 4.69) is 15.3 Å². The van der Waals surface area contributed by atoms with E-state index in [0.717, 1.165) is 11.1 Å². The zero-order chi connectivity index (χ0) is 20.1. The first kappa shape index (κ1) is 19.9. The lowest BCUT2D eigenvalue weighted by Gasteiger charge is -2.10. The number of rotatable bonds is 2. The minimum Gasteiger partial charge on any atom is -0.388 e. The van der Waals surface area contributed by atoms with Gasteiger partial charge in [0.25, 0.3) is 5.56 Å². The van der Waals surface area contributed by atoms with Crippen LogP contribution in [0.3, 0.4) is 0 Å². The highest BCUT2D eigenvalue weighted by atomic mass is 35.5. The molecule has 0 aliphatic rings. The van der Waals surface area contributed by atoms with Gasteiger partial charge in [0, 0.05) is 36.9 Å². The molecule has 4 aromatic rings. The molecule has 7 heteroatoms. The second kappa shape index (κ2) is 8.87. The lowest BCUT2D eigenvalue weighted by atomic mass is 10.1. The number of halogens is 2. The normalized spacial score (nSPS) is 10.3. The van der Waals surface area contributed by atoms with Crippen molar-refractivity contribution in [3.63, 3.8) is 0 Å². The molecule has 2 aromatic carbocycles. The molecular formula is C21H18Cl2N4O. The van der Waals surface area contributed by atoms with Gasteiger partial charge in [0.15, 0.2) is 0 Å². The summed E-state index contributed by atoms with van der Waals surface area (Å²) in [6.45, 7) is 0. The van der Waals surface area contributed by atoms with E-state index >= 15 is 0 Å². The Bertz CT molecular complexity index is 1140. The molecule has 2 heterocycles. The summed E-state index contributed by atoms with van der Waals surface area (Å²) in [5, 5.41) is 4.65. The van der Waals surface area contributed by atoms with Crippen LogP contribution in [0.15, 0.2) is 71.9 Å². The molecule has 1 N–H and O–H groups in total. The van der Waals surface area contributed by atoms with Crippen LogP contribution in [0, 0.1) is 0 Å². The molecule has 0 aliphatic heterocycles. The fourth-order valence-corrected chi connectivity index (χ4v) is 3.35. The monoisotopic (exact) mass is 412 g/mol. The second-order valence-corrected chi connectivity index (χ2v) is 6.75. The van der Waals surface area contributed by atoms with E-state index in [-0.39, 0.29) is 5.56 Å². The Morgan fingerprint density at radius 1 is 1.00 bits per heavy atom. The Labute approximate surface area is 172 Å². The maximum atomic E-state index is 12.5. The SMILES string of the molecule is CNc1ccccc1.Cn1c(=O)c(-c2c(Cl)cccc2Cl)cc2cncnc21. The summed E-state index contributed by atoms with van der Waals surface area (Å²) < 4.78 is 1.46. The van der Waals surface area contributed by atoms with Gasteiger partial charge in [-0.05, 0) is 30.3 Å². The Hall–Kier alpha value is -2.89. The van der Waals surface area contributed by atoms with E-state index in [1.807, 2.05) is 37.4 Å². The topological polar surface area (TPSA) is 59.8 Å². The summed E-state index contributed by atoms with van der Waals surface area (Å²) in [5.41, 5.74) is 2.49. The number of anilines is 1. The number of hydrogen-bond donors (Lipinski definition) is 1. The van der Waals surface area contributed by atoms with Crippen molar-refractivity contribution in [1.29, 1.82) is 0 Å². The first-order valence-electron chi connectivity index (χ1n) is 8.50. The van der Waals surface area contributed by atoms with Crippen LogP contribution in [0.2, 0.25) is 10.0 Å². The summed E-state index contributed by atoms with van der Waals surface area (Å²) in [5.74, 6) is 0. The summed E-state index contributed by atoms with van der Waals surface area (Å²) in [7, 11) is 3.57. The first-order valence-corrected chi connectivity index (χ1v) is 9.25. The summed E-state index contributed by atoms with van der Waals surface area (Å²) in [6.07, 6.45) is 3.06. The van der Waals surface area contributed by atoms with Crippen molar-refractivity contribution in [2.75, 3.05) is 12.4 Å². The van der Waals surface area contributed by atoms with Gasteiger partial charge in [0.2, 0.25) is 0 Å². The molecule has 0 aliphatic carbocycles. The van der Waals surface area contributed by atoms with Crippen molar-refractivity contribution in [1.82, 2.24) is 14.5 Å². The zero-order valence-electron chi connectivity index (χ0n) is 15.4. The fourth-order valence-electron chi connectivity index (χ4n) is 2.75. The van der Waals surface area contributed by atoms with Crippen LogP contribution in [-0.2, 0) is 7.05 Å². The van der Waals surface area contributed by atoms with E-state index in [1.165, 1.54) is 10.9 Å². The van der Waals surface area contributed by atoms with Gasteiger partial charge in [-0.25, -0.2) is 9.97 Å². The highest BCUT2D eigenvalue weighted by molar-refractivity contribution is 6.39. The molecule has 0 unspecified atom stereocenters. The number of aromatic nitrogens is 3. The van der Waals surface area contributed by atoms with Crippen LogP contribution >= 0.6 is 23.2 Å². The molecule has 5 nitrogen and oxygen atoms in total. The van der Waals surface area contributed by atoms with E-state index in [1.54, 1.807) is 37.5 Å². The van der Waals surface area contributed by atoms with Crippen molar-refractivity contribution < 1.29 is 0 Å². The number of hydrogen-bond acceptors (Lipinski definition) is 4. The molecule has 0 atom stereocenters. The number of pyridine rings is 1. The Morgan fingerprint density at radius 2 is 1.68 bits per heavy atom. The smallest absolute Gasteiger partial charge is 0.259 e. The Morgan fingerprint density at radius 3 is 2.29 bits per heavy atom. The van der Waals surface area contributed by atoms with Crippen LogP contribution in [0.1, 0.15) is 0 Å². The third kappa shape index (κ3) is 4.16. The van der Waals surface area contributed by atoms with Crippen LogP contribution in [0.4, 0.5) is 5.69 Å². The number of nitrogens with one attached hydrogen (secondary N) is 1. The van der Waals surface area contributed by atoms with Gasteiger partial charge in [-0.3, -0.25) is 9.36 Å². The van der Waals surface area contributed by atoms with Crippen LogP contribution in [0.25, 0.3) is 22.2 Å². The first-order chi connectivity index (χ1) is 13.5. The van der Waals surface area contributed by atoms with Gasteiger partial charge in [-0.2, -0.15) is 0 Å². The lowest BCUT2D eigenvalue weighted by Crippen LogP contribution is -2.20. The van der Waals surface area contributed by atoms with E-state index in [4.69, 9.17) is 23.2 Å². The predicted molar refractivity (Wildman–Crippen MR) is 116 cm³/mol. The minimum atomic E-state index is -0.203. The van der Waals surface area contributed by atoms with E-state index < -0.39 is 0 Å². The Kier molecular flexibility index (Phi) is 6.29. The summed E-state index contributed by atoms with van der Waals surface area (Å²) in [4.78, 5) is 20.6. The van der Waals surface area contributed by atoms with Crippen molar-refractivity contribution >= 4 is 39.9 Å². The summed E-state index contributed by atoms with van der Waals surface area (Å²) >= 11 is 12.4. The highest BCUT2D eigenvalue weighted by Crippen LogP contribution is 2.33. The van der Waals surface area contributed by atoms with Gasteiger partial charge in [-0.1, -0.05) is 47.5 Å². The zero-order valence-corrected chi connectivity index (χ0v) is 16.9. The third-order valence-electron chi connectivity index (χ3n) is 4.17. The molecule has 0 fully saturated rings. The molecule has 28 heavy (non-hydrogen) atoms. The highest BCUT2D eigenvalue weighted by Gasteiger charge is 2.15. The van der Waals surface area contributed by atoms with Gasteiger partial charge in [-0.15, -0.1) is 0 Å². The number of aryl methyl sites for hydroxylation is 1. The average Bonchev–Trinajstić information content (AvgIpc) is 2.72. The third-order valence-corrected chi connectivity index (χ3v) is 4.80. The van der Waals surface area contributed by atoms with Gasteiger partial charge in [0.1, 0.15) is 12.0 Å².